The van der Waals surface area contributed by atoms with Gasteiger partial charge in [0.25, 0.3) is 0 Å². The molecule has 116 valence electrons. The molecule has 0 aromatic heterocycles. The lowest BCUT2D eigenvalue weighted by Crippen LogP contribution is -2.52. The van der Waals surface area contributed by atoms with Gasteiger partial charge in [-0.3, -0.25) is 4.79 Å². The maximum absolute atomic E-state index is 12.3. The molecule has 0 radical (unpaired) electrons. The molecule has 1 aliphatic heterocycles. The monoisotopic (exact) mass is 288 g/mol. The van der Waals surface area contributed by atoms with Crippen LogP contribution in [0.5, 0.6) is 0 Å². The van der Waals surface area contributed by atoms with Crippen LogP contribution in [0.2, 0.25) is 0 Å². The zero-order chi connectivity index (χ0) is 15.2. The summed E-state index contributed by atoms with van der Waals surface area (Å²) in [4.78, 5) is 14.3. The van der Waals surface area contributed by atoms with Crippen molar-refractivity contribution in [3.63, 3.8) is 0 Å². The van der Waals surface area contributed by atoms with Crippen molar-refractivity contribution < 1.29 is 4.79 Å². The van der Waals surface area contributed by atoms with E-state index in [9.17, 15) is 4.79 Å². The summed E-state index contributed by atoms with van der Waals surface area (Å²) >= 11 is 0. The normalized spacial score (nSPS) is 22.6. The molecule has 1 aliphatic rings. The average molecular weight is 288 g/mol. The minimum Gasteiger partial charge on any atom is -0.341 e. The minimum atomic E-state index is 0.0929. The second kappa shape index (κ2) is 7.60. The van der Waals surface area contributed by atoms with Crippen molar-refractivity contribution in [1.82, 2.24) is 10.2 Å². The molecule has 3 nitrogen and oxygen atoms in total. The number of hydrogen-bond acceptors (Lipinski definition) is 2. The Hall–Kier alpha value is -1.35. The first kappa shape index (κ1) is 16.0. The van der Waals surface area contributed by atoms with Crippen molar-refractivity contribution in [3.8, 4) is 0 Å². The number of likely N-dealkylation sites (tertiary alicyclic amines) is 1. The number of carbonyl (C=O) groups is 1. The summed E-state index contributed by atoms with van der Waals surface area (Å²) in [5.41, 5.74) is 1.30. The summed E-state index contributed by atoms with van der Waals surface area (Å²) in [7, 11) is 0. The molecule has 0 aliphatic carbocycles. The highest BCUT2D eigenvalue weighted by molar-refractivity contribution is 5.78. The summed E-state index contributed by atoms with van der Waals surface area (Å²) < 4.78 is 0. The third kappa shape index (κ3) is 4.57. The Morgan fingerprint density at radius 2 is 2.00 bits per heavy atom. The maximum atomic E-state index is 12.3. The van der Waals surface area contributed by atoms with Crippen LogP contribution in [0.15, 0.2) is 30.3 Å². The second-order valence-corrected chi connectivity index (χ2v) is 6.47. The van der Waals surface area contributed by atoms with E-state index in [0.29, 0.717) is 17.9 Å². The molecule has 2 unspecified atom stereocenters. The Kier molecular flexibility index (Phi) is 5.80. The molecule has 1 amide bonds. The van der Waals surface area contributed by atoms with Gasteiger partial charge in [0.15, 0.2) is 0 Å². The van der Waals surface area contributed by atoms with Crippen molar-refractivity contribution in [2.45, 2.75) is 46.2 Å². The van der Waals surface area contributed by atoms with E-state index in [-0.39, 0.29) is 5.92 Å². The third-order valence-electron chi connectivity index (χ3n) is 4.36. The average Bonchev–Trinajstić information content (AvgIpc) is 2.52. The summed E-state index contributed by atoms with van der Waals surface area (Å²) in [6.45, 7) is 8.86. The van der Waals surface area contributed by atoms with E-state index in [2.05, 4.69) is 41.4 Å². The van der Waals surface area contributed by atoms with E-state index in [1.807, 2.05) is 19.9 Å². The molecule has 3 heteroatoms. The highest BCUT2D eigenvalue weighted by Crippen LogP contribution is 2.21. The largest absolute Gasteiger partial charge is 0.341 e. The molecule has 1 heterocycles. The molecule has 0 bridgehead atoms. The Bertz CT molecular complexity index is 444. The van der Waals surface area contributed by atoms with Crippen LogP contribution in [0.3, 0.4) is 0 Å². The predicted molar refractivity (Wildman–Crippen MR) is 86.9 cm³/mol. The number of nitrogens with one attached hydrogen (secondary N) is 1. The van der Waals surface area contributed by atoms with Crippen LogP contribution in [0.1, 0.15) is 39.2 Å². The van der Waals surface area contributed by atoms with Crippen LogP contribution in [-0.4, -0.2) is 29.9 Å². The van der Waals surface area contributed by atoms with E-state index in [1.54, 1.807) is 0 Å². The van der Waals surface area contributed by atoms with Crippen LogP contribution in [-0.2, 0) is 11.3 Å². The molecule has 1 fully saturated rings. The van der Waals surface area contributed by atoms with Crippen LogP contribution < -0.4 is 5.32 Å². The molecule has 2 rings (SSSR count). The molecule has 21 heavy (non-hydrogen) atoms. The number of amides is 1. The third-order valence-corrected chi connectivity index (χ3v) is 4.36. The molecule has 1 aromatic rings. The van der Waals surface area contributed by atoms with Gasteiger partial charge in [-0.25, -0.2) is 0 Å². The molecule has 1 N–H and O–H groups in total. The highest BCUT2D eigenvalue weighted by Gasteiger charge is 2.29. The van der Waals surface area contributed by atoms with E-state index >= 15 is 0 Å². The topological polar surface area (TPSA) is 32.3 Å². The smallest absolute Gasteiger partial charge is 0.225 e. The molecule has 0 saturated carbocycles. The van der Waals surface area contributed by atoms with Crippen LogP contribution >= 0.6 is 0 Å². The summed E-state index contributed by atoms with van der Waals surface area (Å²) in [6, 6.07) is 10.9. The Morgan fingerprint density at radius 1 is 1.29 bits per heavy atom. The van der Waals surface area contributed by atoms with Crippen molar-refractivity contribution in [3.05, 3.63) is 35.9 Å². The van der Waals surface area contributed by atoms with Gasteiger partial charge in [-0.05, 0) is 17.9 Å². The van der Waals surface area contributed by atoms with Gasteiger partial charge in [-0.15, -0.1) is 0 Å². The quantitative estimate of drug-likeness (QED) is 0.903. The van der Waals surface area contributed by atoms with Gasteiger partial charge >= 0.3 is 0 Å². The number of benzene rings is 1. The first-order chi connectivity index (χ1) is 10.1. The first-order valence-electron chi connectivity index (χ1n) is 8.16. The molecular weight excluding hydrogens is 260 g/mol. The fraction of sp³-hybridized carbons (Fsp3) is 0.611. The van der Waals surface area contributed by atoms with Crippen molar-refractivity contribution in [2.24, 2.45) is 11.8 Å². The predicted octanol–water partition coefficient (Wildman–Crippen LogP) is 3.06. The lowest BCUT2D eigenvalue weighted by molar-refractivity contribution is -0.136. The first-order valence-corrected chi connectivity index (χ1v) is 8.16. The molecule has 1 aromatic carbocycles. The van der Waals surface area contributed by atoms with E-state index in [4.69, 9.17) is 0 Å². The minimum absolute atomic E-state index is 0.0929. The van der Waals surface area contributed by atoms with Crippen molar-refractivity contribution in [2.75, 3.05) is 13.1 Å². The zero-order valence-electron chi connectivity index (χ0n) is 13.5. The van der Waals surface area contributed by atoms with Crippen LogP contribution in [0.25, 0.3) is 0 Å². The van der Waals surface area contributed by atoms with Crippen LogP contribution in [0.4, 0.5) is 0 Å². The van der Waals surface area contributed by atoms with Gasteiger partial charge in [-0.2, -0.15) is 0 Å². The fourth-order valence-electron chi connectivity index (χ4n) is 3.05. The number of nitrogens with zero attached hydrogens (tertiary/aromatic N) is 1. The molecule has 0 spiro atoms. The van der Waals surface area contributed by atoms with Crippen molar-refractivity contribution >= 4 is 5.91 Å². The zero-order valence-corrected chi connectivity index (χ0v) is 13.5. The van der Waals surface area contributed by atoms with Gasteiger partial charge in [0.1, 0.15) is 0 Å². The van der Waals surface area contributed by atoms with Gasteiger partial charge < -0.3 is 10.2 Å². The summed E-state index contributed by atoms with van der Waals surface area (Å²) in [6.07, 6.45) is 2.32. The van der Waals surface area contributed by atoms with Crippen molar-refractivity contribution in [1.29, 1.82) is 0 Å². The maximum Gasteiger partial charge on any atom is 0.225 e. The number of piperidine rings is 1. The molecular formula is C18H28N2O. The summed E-state index contributed by atoms with van der Waals surface area (Å²) in [5, 5.41) is 3.63. The standard InChI is InChI=1S/C18H28N2O/c1-4-15-10-17(13-20(12-15)18(21)14(2)3)19-11-16-8-6-5-7-9-16/h5-9,14-15,17,19H,4,10-13H2,1-3H3. The highest BCUT2D eigenvalue weighted by atomic mass is 16.2. The Balaban J connectivity index is 1.93. The van der Waals surface area contributed by atoms with Gasteiger partial charge in [-0.1, -0.05) is 57.5 Å². The SMILES string of the molecule is CCC1CC(NCc2ccccc2)CN(C(=O)C(C)C)C1. The lowest BCUT2D eigenvalue weighted by atomic mass is 9.91. The Morgan fingerprint density at radius 3 is 2.62 bits per heavy atom. The van der Waals surface area contributed by atoms with Gasteiger partial charge in [0, 0.05) is 31.6 Å². The molecule has 1 saturated heterocycles. The van der Waals surface area contributed by atoms with E-state index < -0.39 is 0 Å². The van der Waals surface area contributed by atoms with Gasteiger partial charge in [0.05, 0.1) is 0 Å². The Labute approximate surface area is 128 Å². The number of carbonyl (C=O) groups excluding carboxylic acids is 1. The van der Waals surface area contributed by atoms with Gasteiger partial charge in [0.2, 0.25) is 5.91 Å². The lowest BCUT2D eigenvalue weighted by Gasteiger charge is -2.39. The van der Waals surface area contributed by atoms with Crippen LogP contribution in [0, 0.1) is 11.8 Å². The number of rotatable bonds is 5. The second-order valence-electron chi connectivity index (χ2n) is 6.47. The number of hydrogen-bond donors (Lipinski definition) is 1. The van der Waals surface area contributed by atoms with E-state index in [0.717, 1.165) is 26.1 Å². The van der Waals surface area contributed by atoms with E-state index in [1.165, 1.54) is 12.0 Å². The summed E-state index contributed by atoms with van der Waals surface area (Å²) in [5.74, 6) is 1.00. The molecule has 2 atom stereocenters. The fourth-order valence-corrected chi connectivity index (χ4v) is 3.05.